The van der Waals surface area contributed by atoms with Gasteiger partial charge in [-0.2, -0.15) is 0 Å². The van der Waals surface area contributed by atoms with Crippen LogP contribution in [0, 0.1) is 35.0 Å². The summed E-state index contributed by atoms with van der Waals surface area (Å²) in [6.07, 6.45) is 4.66. The van der Waals surface area contributed by atoms with E-state index in [1.165, 1.54) is 18.4 Å². The second-order valence-corrected chi connectivity index (χ2v) is 6.93. The SMILES string of the molecule is CC1=C[C@H](O)[C@@H]2[C@H]3[C@@H](C(C)C)CC[C@@]2(C)[C@@H]13. The monoisotopic (exact) mass is 220 g/mol. The molecule has 90 valence electrons. The molecule has 0 aliphatic heterocycles. The van der Waals surface area contributed by atoms with E-state index in [0.717, 1.165) is 23.7 Å². The van der Waals surface area contributed by atoms with Crippen molar-refractivity contribution in [3.63, 3.8) is 0 Å². The van der Waals surface area contributed by atoms with Crippen LogP contribution in [0.3, 0.4) is 0 Å². The van der Waals surface area contributed by atoms with Crippen molar-refractivity contribution in [2.75, 3.05) is 0 Å². The molecule has 0 unspecified atom stereocenters. The van der Waals surface area contributed by atoms with Crippen molar-refractivity contribution in [3.05, 3.63) is 11.6 Å². The summed E-state index contributed by atoms with van der Waals surface area (Å²) in [5.74, 6) is 3.73. The maximum Gasteiger partial charge on any atom is 0.0760 e. The van der Waals surface area contributed by atoms with Crippen LogP contribution in [-0.2, 0) is 0 Å². The Labute approximate surface area is 98.9 Å². The van der Waals surface area contributed by atoms with Crippen LogP contribution in [0.2, 0.25) is 0 Å². The second-order valence-electron chi connectivity index (χ2n) is 6.93. The summed E-state index contributed by atoms with van der Waals surface area (Å²) in [6.45, 7) is 9.35. The molecule has 4 aliphatic carbocycles. The van der Waals surface area contributed by atoms with E-state index in [1.807, 2.05) is 0 Å². The normalized spacial score (nSPS) is 54.6. The summed E-state index contributed by atoms with van der Waals surface area (Å²) < 4.78 is 0. The number of aliphatic hydroxyl groups is 1. The van der Waals surface area contributed by atoms with E-state index in [9.17, 15) is 5.11 Å². The second kappa shape index (κ2) is 3.13. The van der Waals surface area contributed by atoms with Crippen LogP contribution in [0.25, 0.3) is 0 Å². The maximum absolute atomic E-state index is 10.3. The molecule has 0 aromatic carbocycles. The van der Waals surface area contributed by atoms with Gasteiger partial charge >= 0.3 is 0 Å². The molecule has 0 heterocycles. The van der Waals surface area contributed by atoms with Crippen LogP contribution in [0.15, 0.2) is 11.6 Å². The van der Waals surface area contributed by atoms with Gasteiger partial charge in [0.25, 0.3) is 0 Å². The fourth-order valence-corrected chi connectivity index (χ4v) is 5.38. The standard InChI is InChI=1S/C15H24O/c1-8(2)10-5-6-15(4)13-9(3)7-11(16)14(15)12(10)13/h7-8,10-14,16H,5-6H2,1-4H3/t10-,11+,12+,13+,14-,15+/m1/s1. The van der Waals surface area contributed by atoms with E-state index in [0.29, 0.717) is 11.3 Å². The molecule has 0 amide bonds. The Morgan fingerprint density at radius 3 is 2.69 bits per heavy atom. The van der Waals surface area contributed by atoms with E-state index < -0.39 is 0 Å². The number of aliphatic hydroxyl groups excluding tert-OH is 1. The van der Waals surface area contributed by atoms with Crippen LogP contribution in [0.5, 0.6) is 0 Å². The van der Waals surface area contributed by atoms with Gasteiger partial charge in [0.2, 0.25) is 0 Å². The molecular formula is C15H24O. The first-order valence-electron chi connectivity index (χ1n) is 6.83. The van der Waals surface area contributed by atoms with Crippen molar-refractivity contribution in [2.24, 2.45) is 35.0 Å². The van der Waals surface area contributed by atoms with Crippen molar-refractivity contribution in [1.82, 2.24) is 0 Å². The predicted molar refractivity (Wildman–Crippen MR) is 65.9 cm³/mol. The zero-order valence-corrected chi connectivity index (χ0v) is 10.9. The maximum atomic E-state index is 10.3. The lowest BCUT2D eigenvalue weighted by atomic mass is 9.34. The molecule has 2 fully saturated rings. The highest BCUT2D eigenvalue weighted by Gasteiger charge is 2.67. The quantitative estimate of drug-likeness (QED) is 0.673. The number of fused-ring (bicyclic) bond motifs is 1. The average Bonchev–Trinajstić information content (AvgIpc) is 2.15. The summed E-state index contributed by atoms with van der Waals surface area (Å²) in [5, 5.41) is 10.3. The third-order valence-electron chi connectivity index (χ3n) is 5.93. The van der Waals surface area contributed by atoms with E-state index in [1.54, 1.807) is 0 Å². The lowest BCUT2D eigenvalue weighted by Gasteiger charge is -2.71. The van der Waals surface area contributed by atoms with Crippen molar-refractivity contribution < 1.29 is 5.11 Å². The zero-order chi connectivity index (χ0) is 11.7. The van der Waals surface area contributed by atoms with Gasteiger partial charge in [0.1, 0.15) is 0 Å². The van der Waals surface area contributed by atoms with E-state index in [-0.39, 0.29) is 6.10 Å². The van der Waals surface area contributed by atoms with Crippen molar-refractivity contribution >= 4 is 0 Å². The number of hydrogen-bond acceptors (Lipinski definition) is 1. The summed E-state index contributed by atoms with van der Waals surface area (Å²) in [4.78, 5) is 0. The molecule has 0 aromatic heterocycles. The molecule has 4 bridgehead atoms. The van der Waals surface area contributed by atoms with E-state index >= 15 is 0 Å². The van der Waals surface area contributed by atoms with Crippen LogP contribution in [0.4, 0.5) is 0 Å². The van der Waals surface area contributed by atoms with Gasteiger partial charge in [-0.25, -0.2) is 0 Å². The minimum absolute atomic E-state index is 0.165. The lowest BCUT2D eigenvalue weighted by molar-refractivity contribution is -0.215. The average molecular weight is 220 g/mol. The molecule has 0 radical (unpaired) electrons. The van der Waals surface area contributed by atoms with Crippen molar-refractivity contribution in [1.29, 1.82) is 0 Å². The number of allylic oxidation sites excluding steroid dienone is 1. The van der Waals surface area contributed by atoms with Crippen molar-refractivity contribution in [2.45, 2.75) is 46.6 Å². The molecule has 6 atom stereocenters. The smallest absolute Gasteiger partial charge is 0.0760 e. The molecular weight excluding hydrogens is 196 g/mol. The Kier molecular flexibility index (Phi) is 2.12. The zero-order valence-electron chi connectivity index (χ0n) is 10.9. The fraction of sp³-hybridized carbons (Fsp3) is 0.867. The van der Waals surface area contributed by atoms with Crippen LogP contribution in [-0.4, -0.2) is 11.2 Å². The molecule has 1 heteroatoms. The summed E-state index contributed by atoms with van der Waals surface area (Å²) in [6, 6.07) is 0. The van der Waals surface area contributed by atoms with Gasteiger partial charge in [0.15, 0.2) is 0 Å². The van der Waals surface area contributed by atoms with Gasteiger partial charge in [0.05, 0.1) is 6.10 Å². The van der Waals surface area contributed by atoms with Crippen LogP contribution >= 0.6 is 0 Å². The molecule has 0 aromatic rings. The minimum atomic E-state index is -0.165. The highest BCUT2D eigenvalue weighted by molar-refractivity contribution is 5.31. The third kappa shape index (κ3) is 1.06. The molecule has 4 rings (SSSR count). The van der Waals surface area contributed by atoms with E-state index in [4.69, 9.17) is 0 Å². The van der Waals surface area contributed by atoms with Gasteiger partial charge in [-0.05, 0) is 54.8 Å². The highest BCUT2D eigenvalue weighted by Crippen LogP contribution is 2.71. The molecule has 0 spiro atoms. The lowest BCUT2D eigenvalue weighted by Crippen LogP contribution is -2.67. The Hall–Kier alpha value is -0.300. The van der Waals surface area contributed by atoms with Gasteiger partial charge in [-0.15, -0.1) is 0 Å². The van der Waals surface area contributed by atoms with Crippen LogP contribution in [0.1, 0.15) is 40.5 Å². The fourth-order valence-electron chi connectivity index (χ4n) is 5.38. The first-order chi connectivity index (χ1) is 7.47. The number of hydrogen-bond donors (Lipinski definition) is 1. The van der Waals surface area contributed by atoms with Crippen LogP contribution < -0.4 is 0 Å². The molecule has 2 saturated carbocycles. The molecule has 1 nitrogen and oxygen atoms in total. The van der Waals surface area contributed by atoms with E-state index in [2.05, 4.69) is 33.8 Å². The molecule has 16 heavy (non-hydrogen) atoms. The van der Waals surface area contributed by atoms with Gasteiger partial charge < -0.3 is 5.11 Å². The van der Waals surface area contributed by atoms with Gasteiger partial charge in [0, 0.05) is 0 Å². The first-order valence-corrected chi connectivity index (χ1v) is 6.83. The Balaban J connectivity index is 1.99. The Morgan fingerprint density at radius 2 is 2.12 bits per heavy atom. The third-order valence-corrected chi connectivity index (χ3v) is 5.93. The highest BCUT2D eigenvalue weighted by atomic mass is 16.3. The molecule has 1 N–H and O–H groups in total. The van der Waals surface area contributed by atoms with Gasteiger partial charge in [-0.3, -0.25) is 0 Å². The largest absolute Gasteiger partial charge is 0.389 e. The predicted octanol–water partition coefficient (Wildman–Crippen LogP) is 3.24. The number of rotatable bonds is 1. The Morgan fingerprint density at radius 1 is 1.44 bits per heavy atom. The first kappa shape index (κ1) is 10.8. The molecule has 0 saturated heterocycles. The molecule has 4 aliphatic rings. The summed E-state index contributed by atoms with van der Waals surface area (Å²) in [7, 11) is 0. The van der Waals surface area contributed by atoms with Gasteiger partial charge in [-0.1, -0.05) is 32.4 Å². The summed E-state index contributed by atoms with van der Waals surface area (Å²) >= 11 is 0. The summed E-state index contributed by atoms with van der Waals surface area (Å²) in [5.41, 5.74) is 1.89. The topological polar surface area (TPSA) is 20.2 Å². The Bertz CT molecular complexity index is 343. The van der Waals surface area contributed by atoms with Crippen molar-refractivity contribution in [3.8, 4) is 0 Å². The minimum Gasteiger partial charge on any atom is -0.389 e.